The zero-order valence-electron chi connectivity index (χ0n) is 13.4. The molecule has 0 bridgehead atoms. The first-order valence-corrected chi connectivity index (χ1v) is 7.62. The SMILES string of the molecule is COc1ccccc1OCC(=O)NCc1cnc2ccccc2c1. The van der Waals surface area contributed by atoms with Crippen molar-refractivity contribution in [2.45, 2.75) is 6.54 Å². The van der Waals surface area contributed by atoms with Crippen LogP contribution in [0.3, 0.4) is 0 Å². The highest BCUT2D eigenvalue weighted by Gasteiger charge is 2.07. The molecular weight excluding hydrogens is 304 g/mol. The van der Waals surface area contributed by atoms with Crippen molar-refractivity contribution in [3.8, 4) is 11.5 Å². The summed E-state index contributed by atoms with van der Waals surface area (Å²) >= 11 is 0. The Labute approximate surface area is 140 Å². The molecule has 0 radical (unpaired) electrons. The highest BCUT2D eigenvalue weighted by Crippen LogP contribution is 2.25. The summed E-state index contributed by atoms with van der Waals surface area (Å²) in [6.07, 6.45) is 1.77. The van der Waals surface area contributed by atoms with Gasteiger partial charge in [0, 0.05) is 18.1 Å². The van der Waals surface area contributed by atoms with Crippen LogP contribution in [0.4, 0.5) is 0 Å². The number of benzene rings is 2. The van der Waals surface area contributed by atoms with Gasteiger partial charge in [-0.1, -0.05) is 30.3 Å². The highest BCUT2D eigenvalue weighted by atomic mass is 16.5. The molecule has 0 saturated heterocycles. The molecule has 1 heterocycles. The molecule has 0 aliphatic rings. The van der Waals surface area contributed by atoms with Crippen molar-refractivity contribution in [2.75, 3.05) is 13.7 Å². The van der Waals surface area contributed by atoms with Gasteiger partial charge < -0.3 is 14.8 Å². The molecule has 0 saturated carbocycles. The van der Waals surface area contributed by atoms with Crippen molar-refractivity contribution >= 4 is 16.8 Å². The molecule has 0 aliphatic carbocycles. The van der Waals surface area contributed by atoms with Crippen molar-refractivity contribution in [3.63, 3.8) is 0 Å². The Morgan fingerprint density at radius 3 is 2.67 bits per heavy atom. The zero-order chi connectivity index (χ0) is 16.8. The lowest BCUT2D eigenvalue weighted by atomic mass is 10.1. The van der Waals surface area contributed by atoms with E-state index in [9.17, 15) is 4.79 Å². The molecule has 1 aromatic heterocycles. The Balaban J connectivity index is 1.55. The summed E-state index contributed by atoms with van der Waals surface area (Å²) < 4.78 is 10.7. The van der Waals surface area contributed by atoms with Gasteiger partial charge in [0.05, 0.1) is 12.6 Å². The number of nitrogens with zero attached hydrogens (tertiary/aromatic N) is 1. The van der Waals surface area contributed by atoms with Gasteiger partial charge in [-0.25, -0.2) is 0 Å². The van der Waals surface area contributed by atoms with Crippen molar-refractivity contribution in [3.05, 3.63) is 66.4 Å². The number of hydrogen-bond acceptors (Lipinski definition) is 4. The van der Waals surface area contributed by atoms with E-state index in [-0.39, 0.29) is 12.5 Å². The molecule has 24 heavy (non-hydrogen) atoms. The quantitative estimate of drug-likeness (QED) is 0.758. The number of nitrogens with one attached hydrogen (secondary N) is 1. The molecule has 122 valence electrons. The lowest BCUT2D eigenvalue weighted by molar-refractivity contribution is -0.123. The van der Waals surface area contributed by atoms with Crippen LogP contribution in [0.2, 0.25) is 0 Å². The van der Waals surface area contributed by atoms with Crippen LogP contribution in [0.1, 0.15) is 5.56 Å². The number of amides is 1. The summed E-state index contributed by atoms with van der Waals surface area (Å²) in [6.45, 7) is 0.341. The summed E-state index contributed by atoms with van der Waals surface area (Å²) in [5.74, 6) is 0.945. The van der Waals surface area contributed by atoms with Crippen molar-refractivity contribution in [1.82, 2.24) is 10.3 Å². The van der Waals surface area contributed by atoms with Crippen LogP contribution >= 0.6 is 0 Å². The van der Waals surface area contributed by atoms with Gasteiger partial charge in [0.1, 0.15) is 0 Å². The lowest BCUT2D eigenvalue weighted by Crippen LogP contribution is -2.28. The van der Waals surface area contributed by atoms with E-state index in [0.717, 1.165) is 16.5 Å². The number of methoxy groups -OCH3 is 1. The number of para-hydroxylation sites is 3. The molecule has 2 aromatic carbocycles. The van der Waals surface area contributed by atoms with Gasteiger partial charge in [0.2, 0.25) is 0 Å². The fraction of sp³-hybridized carbons (Fsp3) is 0.158. The molecule has 0 unspecified atom stereocenters. The van der Waals surface area contributed by atoms with E-state index in [1.165, 1.54) is 0 Å². The predicted octanol–water partition coefficient (Wildman–Crippen LogP) is 2.94. The van der Waals surface area contributed by atoms with E-state index < -0.39 is 0 Å². The maximum Gasteiger partial charge on any atom is 0.258 e. The number of aromatic nitrogens is 1. The van der Waals surface area contributed by atoms with E-state index in [1.807, 2.05) is 42.5 Å². The summed E-state index contributed by atoms with van der Waals surface area (Å²) in [5, 5.41) is 3.88. The van der Waals surface area contributed by atoms with Gasteiger partial charge in [-0.05, 0) is 29.8 Å². The van der Waals surface area contributed by atoms with Crippen LogP contribution in [0.15, 0.2) is 60.8 Å². The first kappa shape index (κ1) is 15.8. The van der Waals surface area contributed by atoms with Gasteiger partial charge in [-0.15, -0.1) is 0 Å². The van der Waals surface area contributed by atoms with E-state index >= 15 is 0 Å². The Morgan fingerprint density at radius 1 is 1.08 bits per heavy atom. The Kier molecular flexibility index (Phi) is 4.91. The van der Waals surface area contributed by atoms with Gasteiger partial charge in [0.25, 0.3) is 5.91 Å². The van der Waals surface area contributed by atoms with Crippen LogP contribution in [0, 0.1) is 0 Å². The standard InChI is InChI=1S/C19H18N2O3/c1-23-17-8-4-5-9-18(17)24-13-19(22)21-12-14-10-15-6-2-3-7-16(15)20-11-14/h2-11H,12-13H2,1H3,(H,21,22). The third-order valence-electron chi connectivity index (χ3n) is 3.56. The number of hydrogen-bond donors (Lipinski definition) is 1. The third-order valence-corrected chi connectivity index (χ3v) is 3.56. The fourth-order valence-corrected chi connectivity index (χ4v) is 2.35. The minimum atomic E-state index is -0.200. The van der Waals surface area contributed by atoms with E-state index in [0.29, 0.717) is 18.0 Å². The van der Waals surface area contributed by atoms with Crippen LogP contribution in [0.5, 0.6) is 11.5 Å². The number of ether oxygens (including phenoxy) is 2. The molecule has 1 N–H and O–H groups in total. The summed E-state index contributed by atoms with van der Waals surface area (Å²) in [5.41, 5.74) is 1.88. The van der Waals surface area contributed by atoms with Crippen molar-refractivity contribution < 1.29 is 14.3 Å². The van der Waals surface area contributed by atoms with Crippen LogP contribution in [-0.2, 0) is 11.3 Å². The fourth-order valence-electron chi connectivity index (χ4n) is 2.35. The monoisotopic (exact) mass is 322 g/mol. The van der Waals surface area contributed by atoms with E-state index in [4.69, 9.17) is 9.47 Å². The second kappa shape index (κ2) is 7.46. The molecule has 3 rings (SSSR count). The molecule has 1 amide bonds. The summed E-state index contributed by atoms with van der Waals surface area (Å²) in [4.78, 5) is 16.3. The number of fused-ring (bicyclic) bond motifs is 1. The second-order valence-electron chi connectivity index (χ2n) is 5.25. The molecule has 5 heteroatoms. The van der Waals surface area contributed by atoms with Gasteiger partial charge in [0.15, 0.2) is 18.1 Å². The van der Waals surface area contributed by atoms with Crippen molar-refractivity contribution in [2.24, 2.45) is 0 Å². The minimum absolute atomic E-state index is 0.0681. The van der Waals surface area contributed by atoms with Gasteiger partial charge >= 0.3 is 0 Å². The number of carbonyl (C=O) groups excluding carboxylic acids is 1. The Bertz CT molecular complexity index is 849. The third kappa shape index (κ3) is 3.81. The Hall–Kier alpha value is -3.08. The van der Waals surface area contributed by atoms with Crippen LogP contribution < -0.4 is 14.8 Å². The van der Waals surface area contributed by atoms with Gasteiger partial charge in [-0.2, -0.15) is 0 Å². The maximum absolute atomic E-state index is 12.0. The average Bonchev–Trinajstić information content (AvgIpc) is 2.64. The van der Waals surface area contributed by atoms with E-state index in [2.05, 4.69) is 10.3 Å². The maximum atomic E-state index is 12.0. The van der Waals surface area contributed by atoms with Gasteiger partial charge in [-0.3, -0.25) is 9.78 Å². The first-order chi connectivity index (χ1) is 11.8. The summed E-state index contributed by atoms with van der Waals surface area (Å²) in [7, 11) is 1.56. The minimum Gasteiger partial charge on any atom is -0.493 e. The smallest absolute Gasteiger partial charge is 0.258 e. The second-order valence-corrected chi connectivity index (χ2v) is 5.25. The first-order valence-electron chi connectivity index (χ1n) is 7.62. The normalized spacial score (nSPS) is 10.4. The van der Waals surface area contributed by atoms with Crippen molar-refractivity contribution in [1.29, 1.82) is 0 Å². The molecule has 0 aliphatic heterocycles. The number of carbonyl (C=O) groups is 1. The van der Waals surface area contributed by atoms with Crippen LogP contribution in [-0.4, -0.2) is 24.6 Å². The van der Waals surface area contributed by atoms with E-state index in [1.54, 1.807) is 25.4 Å². The number of pyridine rings is 1. The van der Waals surface area contributed by atoms with Crippen LogP contribution in [0.25, 0.3) is 10.9 Å². The average molecular weight is 322 g/mol. The molecular formula is C19H18N2O3. The topological polar surface area (TPSA) is 60.5 Å². The summed E-state index contributed by atoms with van der Waals surface area (Å²) in [6, 6.07) is 17.1. The molecule has 0 fully saturated rings. The molecule has 5 nitrogen and oxygen atoms in total. The molecule has 0 spiro atoms. The largest absolute Gasteiger partial charge is 0.493 e. The molecule has 3 aromatic rings. The zero-order valence-corrected chi connectivity index (χ0v) is 13.4. The highest BCUT2D eigenvalue weighted by molar-refractivity contribution is 5.79. The Morgan fingerprint density at radius 2 is 1.83 bits per heavy atom. The predicted molar refractivity (Wildman–Crippen MR) is 92.1 cm³/mol. The lowest BCUT2D eigenvalue weighted by Gasteiger charge is -2.10. The number of rotatable bonds is 6. The molecule has 0 atom stereocenters.